The van der Waals surface area contributed by atoms with E-state index in [9.17, 15) is 17.6 Å². The van der Waals surface area contributed by atoms with Crippen molar-refractivity contribution in [2.75, 3.05) is 54.4 Å². The average Bonchev–Trinajstić information content (AvgIpc) is 3.51. The maximum atomic E-state index is 15.3. The van der Waals surface area contributed by atoms with Gasteiger partial charge in [0.05, 0.1) is 12.8 Å². The standard InChI is InChI=1S/C30H35F5N8OS/c1-41-28(39-27(40-41)19-5-8-24(36-12-19)42-16-29(17-42)14-30(34,35)15-29)38-20-6-7-21(23(31)11-20)22-13-37-43(25(22)26(32)33)18-44-9-10-45(2,3)4/h5-8,11-13,26H,9-10,14-18H2,1-4H3,(H,38,39,40). The van der Waals surface area contributed by atoms with E-state index >= 15 is 4.39 Å². The molecule has 6 rings (SSSR count). The lowest BCUT2D eigenvalue weighted by Crippen LogP contribution is -2.66. The lowest BCUT2D eigenvalue weighted by molar-refractivity contribution is -0.170. The predicted molar refractivity (Wildman–Crippen MR) is 165 cm³/mol. The number of rotatable bonds is 11. The zero-order valence-corrected chi connectivity index (χ0v) is 26.2. The third-order valence-electron chi connectivity index (χ3n) is 8.07. The second kappa shape index (κ2) is 11.6. The number of anilines is 3. The van der Waals surface area contributed by atoms with Gasteiger partial charge in [-0.1, -0.05) is 0 Å². The van der Waals surface area contributed by atoms with Gasteiger partial charge in [-0.25, -0.2) is 46.3 Å². The Balaban J connectivity index is 1.11. The van der Waals surface area contributed by atoms with Crippen molar-refractivity contribution in [1.82, 2.24) is 29.5 Å². The Morgan fingerprint density at radius 2 is 1.80 bits per heavy atom. The molecule has 1 saturated carbocycles. The SMILES string of the molecule is Cn1nc(-c2ccc(N3CC4(C3)CC(F)(F)C4)nc2)nc1Nc1ccc(-c2cnn(COCCS(C)(C)C)c2C(F)F)c(F)c1. The van der Waals surface area contributed by atoms with Crippen LogP contribution in [0.4, 0.5) is 39.4 Å². The van der Waals surface area contributed by atoms with Gasteiger partial charge in [0.15, 0.2) is 5.82 Å². The minimum Gasteiger partial charge on any atom is -0.358 e. The molecule has 0 amide bonds. The molecule has 0 radical (unpaired) electrons. The van der Waals surface area contributed by atoms with Gasteiger partial charge in [-0.15, -0.1) is 5.10 Å². The summed E-state index contributed by atoms with van der Waals surface area (Å²) < 4.78 is 78.2. The minimum absolute atomic E-state index is 0.00462. The third kappa shape index (κ3) is 6.64. The molecule has 1 aliphatic carbocycles. The molecule has 3 aromatic heterocycles. The molecule has 1 spiro atoms. The van der Waals surface area contributed by atoms with Gasteiger partial charge in [-0.05, 0) is 49.1 Å². The van der Waals surface area contributed by atoms with Crippen molar-refractivity contribution in [3.8, 4) is 22.5 Å². The summed E-state index contributed by atoms with van der Waals surface area (Å²) in [6.07, 6.45) is 6.27. The van der Waals surface area contributed by atoms with E-state index in [-0.39, 0.29) is 36.1 Å². The van der Waals surface area contributed by atoms with Crippen LogP contribution in [-0.4, -0.2) is 79.7 Å². The number of ether oxygens (including phenoxy) is 1. The molecule has 1 saturated heterocycles. The van der Waals surface area contributed by atoms with Crippen LogP contribution < -0.4 is 10.2 Å². The number of nitrogens with zero attached hydrogens (tertiary/aromatic N) is 7. The smallest absolute Gasteiger partial charge is 0.280 e. The average molecular weight is 651 g/mol. The zero-order chi connectivity index (χ0) is 32.1. The molecule has 0 bridgehead atoms. The molecule has 1 aliphatic heterocycles. The van der Waals surface area contributed by atoms with Crippen LogP contribution >= 0.6 is 10.0 Å². The van der Waals surface area contributed by atoms with Crippen molar-refractivity contribution in [2.24, 2.45) is 12.5 Å². The number of hydrogen-bond acceptors (Lipinski definition) is 7. The third-order valence-corrected chi connectivity index (χ3v) is 9.46. The van der Waals surface area contributed by atoms with E-state index in [1.54, 1.807) is 19.3 Å². The highest BCUT2D eigenvalue weighted by molar-refractivity contribution is 8.32. The number of alkyl halides is 4. The van der Waals surface area contributed by atoms with Gasteiger partial charge in [-0.3, -0.25) is 0 Å². The van der Waals surface area contributed by atoms with Crippen LogP contribution in [0.1, 0.15) is 25.0 Å². The first kappa shape index (κ1) is 31.3. The molecule has 9 nitrogen and oxygen atoms in total. The predicted octanol–water partition coefficient (Wildman–Crippen LogP) is 6.46. The Morgan fingerprint density at radius 3 is 2.42 bits per heavy atom. The number of pyridine rings is 1. The molecule has 45 heavy (non-hydrogen) atoms. The van der Waals surface area contributed by atoms with Crippen molar-refractivity contribution in [2.45, 2.75) is 31.9 Å². The topological polar surface area (TPSA) is 85.9 Å². The van der Waals surface area contributed by atoms with Gasteiger partial charge in [0.1, 0.15) is 24.1 Å². The van der Waals surface area contributed by atoms with Crippen LogP contribution in [0.15, 0.2) is 42.7 Å². The van der Waals surface area contributed by atoms with Crippen LogP contribution in [0.25, 0.3) is 22.5 Å². The van der Waals surface area contributed by atoms with Gasteiger partial charge < -0.3 is 15.0 Å². The van der Waals surface area contributed by atoms with E-state index in [2.05, 4.69) is 44.2 Å². The van der Waals surface area contributed by atoms with Gasteiger partial charge in [0.25, 0.3) is 6.43 Å². The summed E-state index contributed by atoms with van der Waals surface area (Å²) in [5, 5.41) is 11.5. The van der Waals surface area contributed by atoms with E-state index in [1.165, 1.54) is 23.0 Å². The highest BCUT2D eigenvalue weighted by atomic mass is 32.3. The number of aromatic nitrogens is 6. The van der Waals surface area contributed by atoms with Crippen LogP contribution in [0, 0.1) is 11.2 Å². The van der Waals surface area contributed by atoms with Crippen LogP contribution in [0.5, 0.6) is 0 Å². The molecule has 4 heterocycles. The fourth-order valence-electron chi connectivity index (χ4n) is 5.85. The molecule has 15 heteroatoms. The maximum absolute atomic E-state index is 15.3. The first-order valence-electron chi connectivity index (χ1n) is 14.4. The van der Waals surface area contributed by atoms with Gasteiger partial charge >= 0.3 is 0 Å². The first-order chi connectivity index (χ1) is 21.2. The molecular weight excluding hydrogens is 615 g/mol. The Morgan fingerprint density at radius 1 is 1.04 bits per heavy atom. The molecule has 1 aromatic carbocycles. The number of nitrogens with one attached hydrogen (secondary N) is 1. The largest absolute Gasteiger partial charge is 0.358 e. The summed E-state index contributed by atoms with van der Waals surface area (Å²) in [6, 6.07) is 7.81. The molecule has 2 fully saturated rings. The van der Waals surface area contributed by atoms with Crippen LogP contribution in [0.2, 0.25) is 0 Å². The molecule has 1 N–H and O–H groups in total. The Hall–Kier alpha value is -3.72. The van der Waals surface area contributed by atoms with E-state index in [4.69, 9.17) is 4.74 Å². The van der Waals surface area contributed by atoms with E-state index in [0.717, 1.165) is 10.4 Å². The molecular formula is C30H35F5N8OS. The normalized spacial score (nSPS) is 17.4. The summed E-state index contributed by atoms with van der Waals surface area (Å²) in [7, 11) is 0.884. The molecule has 242 valence electrons. The first-order valence-corrected chi connectivity index (χ1v) is 17.4. The number of benzene rings is 1. The van der Waals surface area contributed by atoms with Crippen molar-refractivity contribution in [3.63, 3.8) is 0 Å². The highest BCUT2D eigenvalue weighted by Crippen LogP contribution is 2.57. The molecule has 4 aromatic rings. The van der Waals surface area contributed by atoms with Gasteiger partial charge in [-0.2, -0.15) is 10.1 Å². The Kier molecular flexibility index (Phi) is 8.04. The van der Waals surface area contributed by atoms with Crippen LogP contribution in [0.3, 0.4) is 0 Å². The van der Waals surface area contributed by atoms with Gasteiger partial charge in [0, 0.05) is 72.7 Å². The number of aryl methyl sites for hydroxylation is 1. The summed E-state index contributed by atoms with van der Waals surface area (Å²) in [6.45, 7) is 1.41. The summed E-state index contributed by atoms with van der Waals surface area (Å²) in [4.78, 5) is 11.0. The fraction of sp³-hybridized carbons (Fsp3) is 0.467. The van der Waals surface area contributed by atoms with E-state index in [0.29, 0.717) is 48.5 Å². The second-order valence-corrected chi connectivity index (χ2v) is 17.3. The minimum atomic E-state index is -2.88. The van der Waals surface area contributed by atoms with Crippen molar-refractivity contribution >= 4 is 27.5 Å². The van der Waals surface area contributed by atoms with Crippen LogP contribution in [-0.2, 0) is 18.5 Å². The van der Waals surface area contributed by atoms with Crippen molar-refractivity contribution < 1.29 is 26.7 Å². The number of hydrogen-bond donors (Lipinski definition) is 1. The number of halogens is 5. The zero-order valence-electron chi connectivity index (χ0n) is 25.4. The van der Waals surface area contributed by atoms with Gasteiger partial charge in [0.2, 0.25) is 11.9 Å². The van der Waals surface area contributed by atoms with Crippen molar-refractivity contribution in [1.29, 1.82) is 0 Å². The lowest BCUT2D eigenvalue weighted by atomic mass is 9.61. The lowest BCUT2D eigenvalue weighted by Gasteiger charge is -2.59. The summed E-state index contributed by atoms with van der Waals surface area (Å²) in [5.41, 5.74) is 0.279. The van der Waals surface area contributed by atoms with E-state index < -0.39 is 33.9 Å². The van der Waals surface area contributed by atoms with E-state index in [1.807, 2.05) is 17.0 Å². The Labute approximate surface area is 259 Å². The quantitative estimate of drug-likeness (QED) is 0.147. The molecule has 0 atom stereocenters. The monoisotopic (exact) mass is 650 g/mol. The summed E-state index contributed by atoms with van der Waals surface area (Å²) in [5.74, 6) is -1.00. The highest BCUT2D eigenvalue weighted by Gasteiger charge is 2.61. The molecule has 0 unspecified atom stereocenters. The fourth-order valence-corrected chi connectivity index (χ4v) is 6.47. The second-order valence-electron chi connectivity index (χ2n) is 12.7. The maximum Gasteiger partial charge on any atom is 0.280 e. The molecule has 2 aliphatic rings. The summed E-state index contributed by atoms with van der Waals surface area (Å²) >= 11 is 0. The Bertz CT molecular complexity index is 1670. The van der Waals surface area contributed by atoms with Crippen molar-refractivity contribution in [3.05, 3.63) is 54.2 Å².